The van der Waals surface area contributed by atoms with Crippen LogP contribution in [0.4, 0.5) is 0 Å². The predicted molar refractivity (Wildman–Crippen MR) is 71.1 cm³/mol. The van der Waals surface area contributed by atoms with Crippen LogP contribution < -0.4 is 5.32 Å². The van der Waals surface area contributed by atoms with Crippen LogP contribution in [0, 0.1) is 6.92 Å². The first-order valence-corrected chi connectivity index (χ1v) is 6.50. The number of carbonyl (C=O) groups is 1. The zero-order valence-corrected chi connectivity index (χ0v) is 11.2. The first-order chi connectivity index (χ1) is 8.56. The molecule has 2 N–H and O–H groups in total. The SMILES string of the molecule is Cc1csc(CNC(=O)c2cc(O)ccc2Cl)n1. The molecule has 1 heterocycles. The van der Waals surface area contributed by atoms with Crippen molar-refractivity contribution in [1.29, 1.82) is 0 Å². The number of rotatable bonds is 3. The number of phenols is 1. The number of hydrogen-bond acceptors (Lipinski definition) is 4. The number of carbonyl (C=O) groups excluding carboxylic acids is 1. The van der Waals surface area contributed by atoms with E-state index in [2.05, 4.69) is 10.3 Å². The van der Waals surface area contributed by atoms with Crippen molar-refractivity contribution in [2.45, 2.75) is 13.5 Å². The van der Waals surface area contributed by atoms with E-state index in [9.17, 15) is 9.90 Å². The molecule has 0 fully saturated rings. The van der Waals surface area contributed by atoms with Gasteiger partial charge in [0.2, 0.25) is 0 Å². The highest BCUT2D eigenvalue weighted by Crippen LogP contribution is 2.21. The van der Waals surface area contributed by atoms with Gasteiger partial charge in [0.1, 0.15) is 10.8 Å². The summed E-state index contributed by atoms with van der Waals surface area (Å²) in [5.41, 5.74) is 1.18. The van der Waals surface area contributed by atoms with Crippen LogP contribution in [0.15, 0.2) is 23.6 Å². The Morgan fingerprint density at radius 2 is 2.33 bits per heavy atom. The Morgan fingerprint density at radius 3 is 3.00 bits per heavy atom. The lowest BCUT2D eigenvalue weighted by atomic mass is 10.2. The fraction of sp³-hybridized carbons (Fsp3) is 0.167. The number of aromatic hydroxyl groups is 1. The minimum Gasteiger partial charge on any atom is -0.508 e. The summed E-state index contributed by atoms with van der Waals surface area (Å²) in [5, 5.41) is 15.1. The average Bonchev–Trinajstić information content (AvgIpc) is 2.75. The van der Waals surface area contributed by atoms with Gasteiger partial charge in [0.05, 0.1) is 17.1 Å². The molecule has 4 nitrogen and oxygen atoms in total. The number of thiazole rings is 1. The summed E-state index contributed by atoms with van der Waals surface area (Å²) in [6.45, 7) is 2.25. The lowest BCUT2D eigenvalue weighted by Crippen LogP contribution is -2.23. The van der Waals surface area contributed by atoms with E-state index in [4.69, 9.17) is 11.6 Å². The standard InChI is InChI=1S/C12H11ClN2O2S/c1-7-6-18-11(15-7)5-14-12(17)9-4-8(16)2-3-10(9)13/h2-4,6,16H,5H2,1H3,(H,14,17). The van der Waals surface area contributed by atoms with Gasteiger partial charge in [-0.05, 0) is 25.1 Å². The Kier molecular flexibility index (Phi) is 3.84. The van der Waals surface area contributed by atoms with Crippen LogP contribution in [0.3, 0.4) is 0 Å². The lowest BCUT2D eigenvalue weighted by Gasteiger charge is -2.05. The molecule has 0 unspecified atom stereocenters. The van der Waals surface area contributed by atoms with E-state index in [-0.39, 0.29) is 17.2 Å². The van der Waals surface area contributed by atoms with E-state index in [1.807, 2.05) is 12.3 Å². The van der Waals surface area contributed by atoms with Crippen molar-refractivity contribution < 1.29 is 9.90 Å². The van der Waals surface area contributed by atoms with Crippen LogP contribution in [0.2, 0.25) is 5.02 Å². The number of nitrogens with one attached hydrogen (secondary N) is 1. The van der Waals surface area contributed by atoms with Crippen LogP contribution >= 0.6 is 22.9 Å². The topological polar surface area (TPSA) is 62.2 Å². The second-order valence-corrected chi connectivity index (χ2v) is 5.08. The quantitative estimate of drug-likeness (QED) is 0.910. The molecule has 0 bridgehead atoms. The molecule has 1 aromatic heterocycles. The molecule has 6 heteroatoms. The Hall–Kier alpha value is -1.59. The van der Waals surface area contributed by atoms with Crippen LogP contribution in [0.1, 0.15) is 21.1 Å². The Bertz CT molecular complexity index is 583. The molecule has 0 spiro atoms. The third-order valence-electron chi connectivity index (χ3n) is 2.26. The zero-order valence-electron chi connectivity index (χ0n) is 9.61. The summed E-state index contributed by atoms with van der Waals surface area (Å²) in [7, 11) is 0. The summed E-state index contributed by atoms with van der Waals surface area (Å²) in [4.78, 5) is 16.1. The van der Waals surface area contributed by atoms with Gasteiger partial charge >= 0.3 is 0 Å². The van der Waals surface area contributed by atoms with Gasteiger partial charge in [-0.3, -0.25) is 4.79 Å². The van der Waals surface area contributed by atoms with E-state index in [0.717, 1.165) is 10.7 Å². The Balaban J connectivity index is 2.05. The molecule has 18 heavy (non-hydrogen) atoms. The summed E-state index contributed by atoms with van der Waals surface area (Å²) in [5.74, 6) is -0.321. The van der Waals surface area contributed by atoms with Crippen LogP contribution in [0.5, 0.6) is 5.75 Å². The normalized spacial score (nSPS) is 10.3. The second kappa shape index (κ2) is 5.37. The van der Waals surface area contributed by atoms with E-state index in [0.29, 0.717) is 11.6 Å². The van der Waals surface area contributed by atoms with Crippen molar-refractivity contribution in [1.82, 2.24) is 10.3 Å². The monoisotopic (exact) mass is 282 g/mol. The predicted octanol–water partition coefficient (Wildman–Crippen LogP) is 2.74. The molecule has 2 rings (SSSR count). The van der Waals surface area contributed by atoms with Crippen molar-refractivity contribution >= 4 is 28.8 Å². The van der Waals surface area contributed by atoms with E-state index < -0.39 is 0 Å². The maximum Gasteiger partial charge on any atom is 0.253 e. The lowest BCUT2D eigenvalue weighted by molar-refractivity contribution is 0.0950. The van der Waals surface area contributed by atoms with E-state index >= 15 is 0 Å². The minimum atomic E-state index is -0.330. The smallest absolute Gasteiger partial charge is 0.253 e. The summed E-state index contributed by atoms with van der Waals surface area (Å²) < 4.78 is 0. The molecule has 0 aliphatic carbocycles. The number of hydrogen-bond donors (Lipinski definition) is 2. The van der Waals surface area contributed by atoms with Gasteiger partial charge in [0.25, 0.3) is 5.91 Å². The van der Waals surface area contributed by atoms with Gasteiger partial charge in [0.15, 0.2) is 0 Å². The highest BCUT2D eigenvalue weighted by Gasteiger charge is 2.11. The number of amides is 1. The number of aryl methyl sites for hydroxylation is 1. The number of aromatic nitrogens is 1. The third kappa shape index (κ3) is 3.00. The van der Waals surface area contributed by atoms with Gasteiger partial charge in [-0.1, -0.05) is 11.6 Å². The van der Waals surface area contributed by atoms with Gasteiger partial charge in [0, 0.05) is 11.1 Å². The molecular weight excluding hydrogens is 272 g/mol. The van der Waals surface area contributed by atoms with Gasteiger partial charge in [-0.15, -0.1) is 11.3 Å². The van der Waals surface area contributed by atoms with E-state index in [1.165, 1.54) is 29.5 Å². The van der Waals surface area contributed by atoms with Crippen molar-refractivity contribution in [3.8, 4) is 5.75 Å². The molecule has 0 atom stereocenters. The maximum absolute atomic E-state index is 11.9. The molecule has 1 amide bonds. The first-order valence-electron chi connectivity index (χ1n) is 5.24. The minimum absolute atomic E-state index is 0.00893. The van der Waals surface area contributed by atoms with Crippen molar-refractivity contribution in [3.63, 3.8) is 0 Å². The fourth-order valence-corrected chi connectivity index (χ4v) is 2.34. The number of benzene rings is 1. The van der Waals surface area contributed by atoms with Crippen LogP contribution in [0.25, 0.3) is 0 Å². The molecular formula is C12H11ClN2O2S. The molecule has 1 aromatic carbocycles. The highest BCUT2D eigenvalue weighted by molar-refractivity contribution is 7.09. The van der Waals surface area contributed by atoms with Gasteiger partial charge in [-0.25, -0.2) is 4.98 Å². The average molecular weight is 283 g/mol. The molecule has 2 aromatic rings. The Labute approximate surface area is 113 Å². The zero-order chi connectivity index (χ0) is 13.1. The molecule has 0 aliphatic heterocycles. The second-order valence-electron chi connectivity index (χ2n) is 3.73. The van der Waals surface area contributed by atoms with E-state index in [1.54, 1.807) is 0 Å². The largest absolute Gasteiger partial charge is 0.508 e. The first kappa shape index (κ1) is 12.9. The summed E-state index contributed by atoms with van der Waals surface area (Å²) in [6, 6.07) is 4.26. The number of nitrogens with zero attached hydrogens (tertiary/aromatic N) is 1. The molecule has 0 radical (unpaired) electrons. The van der Waals surface area contributed by atoms with Crippen molar-refractivity contribution in [2.75, 3.05) is 0 Å². The molecule has 94 valence electrons. The number of halogens is 1. The van der Waals surface area contributed by atoms with Crippen LogP contribution in [-0.2, 0) is 6.54 Å². The third-order valence-corrected chi connectivity index (χ3v) is 3.56. The maximum atomic E-state index is 11.9. The highest BCUT2D eigenvalue weighted by atomic mass is 35.5. The fourth-order valence-electron chi connectivity index (χ4n) is 1.42. The summed E-state index contributed by atoms with van der Waals surface area (Å²) >= 11 is 7.38. The van der Waals surface area contributed by atoms with Crippen molar-refractivity contribution in [3.05, 3.63) is 44.9 Å². The molecule has 0 aliphatic rings. The number of phenolic OH excluding ortho intramolecular Hbond substituents is 1. The summed E-state index contributed by atoms with van der Waals surface area (Å²) in [6.07, 6.45) is 0. The van der Waals surface area contributed by atoms with Crippen LogP contribution in [-0.4, -0.2) is 16.0 Å². The van der Waals surface area contributed by atoms with Gasteiger partial charge in [-0.2, -0.15) is 0 Å². The van der Waals surface area contributed by atoms with Crippen molar-refractivity contribution in [2.24, 2.45) is 0 Å². The molecule has 0 saturated carbocycles. The van der Waals surface area contributed by atoms with Gasteiger partial charge < -0.3 is 10.4 Å². The molecule has 0 saturated heterocycles. The Morgan fingerprint density at radius 1 is 1.56 bits per heavy atom.